The highest BCUT2D eigenvalue weighted by Gasteiger charge is 2.38. The molecule has 0 aromatic rings. The molecule has 2 saturated carbocycles. The van der Waals surface area contributed by atoms with Crippen LogP contribution in [0.25, 0.3) is 0 Å². The molecule has 0 bridgehead atoms. The number of aliphatic hydroxyl groups is 1. The van der Waals surface area contributed by atoms with Gasteiger partial charge in [0.2, 0.25) is 5.91 Å². The van der Waals surface area contributed by atoms with Crippen LogP contribution >= 0.6 is 0 Å². The van der Waals surface area contributed by atoms with Gasteiger partial charge in [-0.25, -0.2) is 0 Å². The van der Waals surface area contributed by atoms with Crippen molar-refractivity contribution in [2.45, 2.75) is 77.7 Å². The minimum absolute atomic E-state index is 0.103. The lowest BCUT2D eigenvalue weighted by atomic mass is 9.68. The topological polar surface area (TPSA) is 49.3 Å². The molecule has 2 rings (SSSR count). The van der Waals surface area contributed by atoms with Crippen molar-refractivity contribution >= 4 is 5.91 Å². The monoisotopic (exact) mass is 281 g/mol. The fraction of sp³-hybridized carbons (Fsp3) is 0.941. The van der Waals surface area contributed by atoms with Crippen molar-refractivity contribution in [1.82, 2.24) is 5.32 Å². The molecule has 0 heterocycles. The maximum Gasteiger partial charge on any atom is 0.223 e. The molecule has 1 amide bonds. The third-order valence-corrected chi connectivity index (χ3v) is 5.62. The third kappa shape index (κ3) is 3.75. The minimum Gasteiger partial charge on any atom is -0.388 e. The van der Waals surface area contributed by atoms with E-state index >= 15 is 0 Å². The van der Waals surface area contributed by atoms with Crippen molar-refractivity contribution < 1.29 is 9.90 Å². The molecule has 3 heteroatoms. The molecule has 0 radical (unpaired) electrons. The van der Waals surface area contributed by atoms with Gasteiger partial charge in [-0.15, -0.1) is 0 Å². The summed E-state index contributed by atoms with van der Waals surface area (Å²) in [5.41, 5.74) is -0.562. The summed E-state index contributed by atoms with van der Waals surface area (Å²) in [6.07, 6.45) is 8.30. The van der Waals surface area contributed by atoms with E-state index in [1.54, 1.807) is 0 Å². The van der Waals surface area contributed by atoms with Crippen LogP contribution in [0.5, 0.6) is 0 Å². The first-order valence-corrected chi connectivity index (χ1v) is 8.32. The van der Waals surface area contributed by atoms with Crippen LogP contribution in [0.15, 0.2) is 0 Å². The van der Waals surface area contributed by atoms with Gasteiger partial charge in [-0.2, -0.15) is 0 Å². The number of hydrogen-bond donors (Lipinski definition) is 2. The van der Waals surface area contributed by atoms with E-state index in [1.165, 1.54) is 6.42 Å². The Labute approximate surface area is 123 Å². The summed E-state index contributed by atoms with van der Waals surface area (Å²) in [6.45, 7) is 7.08. The molecule has 20 heavy (non-hydrogen) atoms. The van der Waals surface area contributed by atoms with Gasteiger partial charge < -0.3 is 10.4 Å². The van der Waals surface area contributed by atoms with E-state index in [2.05, 4.69) is 26.1 Å². The summed E-state index contributed by atoms with van der Waals surface area (Å²) in [4.78, 5) is 12.4. The van der Waals surface area contributed by atoms with Crippen molar-refractivity contribution in [3.05, 3.63) is 0 Å². The molecule has 0 aromatic heterocycles. The average Bonchev–Trinajstić information content (AvgIpc) is 2.40. The number of amides is 1. The van der Waals surface area contributed by atoms with Crippen molar-refractivity contribution in [1.29, 1.82) is 0 Å². The van der Waals surface area contributed by atoms with Gasteiger partial charge in [0.1, 0.15) is 0 Å². The molecule has 2 N–H and O–H groups in total. The first-order valence-electron chi connectivity index (χ1n) is 8.32. The second-order valence-corrected chi connectivity index (χ2v) is 7.91. The predicted molar refractivity (Wildman–Crippen MR) is 81.3 cm³/mol. The van der Waals surface area contributed by atoms with Crippen molar-refractivity contribution in [3.63, 3.8) is 0 Å². The molecule has 1 atom stereocenters. The third-order valence-electron chi connectivity index (χ3n) is 5.62. The SMILES string of the molecule is CC1CCC(O)(CNC(=O)C2CCCCC2(C)C)CC1. The summed E-state index contributed by atoms with van der Waals surface area (Å²) in [6, 6.07) is 0. The molecule has 0 saturated heterocycles. The molecule has 3 nitrogen and oxygen atoms in total. The van der Waals surface area contributed by atoms with E-state index in [1.807, 2.05) is 0 Å². The number of carbonyl (C=O) groups is 1. The first-order chi connectivity index (χ1) is 9.32. The van der Waals surface area contributed by atoms with E-state index in [4.69, 9.17) is 0 Å². The maximum atomic E-state index is 12.4. The van der Waals surface area contributed by atoms with Gasteiger partial charge in [-0.3, -0.25) is 4.79 Å². The van der Waals surface area contributed by atoms with E-state index in [0.29, 0.717) is 12.5 Å². The van der Waals surface area contributed by atoms with E-state index in [0.717, 1.165) is 44.9 Å². The Morgan fingerprint density at radius 1 is 1.15 bits per heavy atom. The molecule has 0 aromatic carbocycles. The average molecular weight is 281 g/mol. The lowest BCUT2D eigenvalue weighted by molar-refractivity contribution is -0.132. The maximum absolute atomic E-state index is 12.4. The molecule has 0 aliphatic heterocycles. The van der Waals surface area contributed by atoms with Crippen molar-refractivity contribution in [3.8, 4) is 0 Å². The highest BCUT2D eigenvalue weighted by atomic mass is 16.3. The van der Waals surface area contributed by atoms with Crippen molar-refractivity contribution in [2.75, 3.05) is 6.54 Å². The molecule has 1 unspecified atom stereocenters. The highest BCUT2D eigenvalue weighted by Crippen LogP contribution is 2.40. The van der Waals surface area contributed by atoms with Gasteiger partial charge in [0, 0.05) is 12.5 Å². The van der Waals surface area contributed by atoms with Crippen LogP contribution in [0.4, 0.5) is 0 Å². The normalized spacial score (nSPS) is 37.4. The Kier molecular flexibility index (Phi) is 4.78. The predicted octanol–water partition coefficient (Wildman–Crippen LogP) is 3.26. The minimum atomic E-state index is -0.666. The Morgan fingerprint density at radius 3 is 2.40 bits per heavy atom. The van der Waals surface area contributed by atoms with E-state index in [-0.39, 0.29) is 17.2 Å². The molecule has 0 spiro atoms. The summed E-state index contributed by atoms with van der Waals surface area (Å²) >= 11 is 0. The van der Waals surface area contributed by atoms with Crippen LogP contribution in [-0.2, 0) is 4.79 Å². The fourth-order valence-corrected chi connectivity index (χ4v) is 3.83. The zero-order chi connectivity index (χ0) is 14.8. The van der Waals surface area contributed by atoms with Gasteiger partial charge in [0.15, 0.2) is 0 Å². The number of hydrogen-bond acceptors (Lipinski definition) is 2. The molecule has 2 aliphatic rings. The molecule has 116 valence electrons. The van der Waals surface area contributed by atoms with E-state index in [9.17, 15) is 9.90 Å². The highest BCUT2D eigenvalue weighted by molar-refractivity contribution is 5.79. The number of nitrogens with one attached hydrogen (secondary N) is 1. The van der Waals surface area contributed by atoms with Crippen LogP contribution in [-0.4, -0.2) is 23.2 Å². The molecular formula is C17H31NO2. The quantitative estimate of drug-likeness (QED) is 0.834. The van der Waals surface area contributed by atoms with Gasteiger partial charge in [-0.05, 0) is 49.9 Å². The molecular weight excluding hydrogens is 250 g/mol. The zero-order valence-corrected chi connectivity index (χ0v) is 13.4. The van der Waals surface area contributed by atoms with Crippen molar-refractivity contribution in [2.24, 2.45) is 17.3 Å². The molecule has 2 fully saturated rings. The number of carbonyl (C=O) groups excluding carboxylic acids is 1. The molecule has 2 aliphatic carbocycles. The van der Waals surface area contributed by atoms with Gasteiger partial charge >= 0.3 is 0 Å². The van der Waals surface area contributed by atoms with E-state index < -0.39 is 5.60 Å². The first kappa shape index (κ1) is 15.8. The summed E-state index contributed by atoms with van der Waals surface area (Å²) in [5.74, 6) is 0.979. The standard InChI is InChI=1S/C17H31NO2/c1-13-7-10-17(20,11-8-13)12-18-15(19)14-6-4-5-9-16(14,2)3/h13-14,20H,4-12H2,1-3H3,(H,18,19). The van der Waals surface area contributed by atoms with Gasteiger partial charge in [0.25, 0.3) is 0 Å². The summed E-state index contributed by atoms with van der Waals surface area (Å²) in [7, 11) is 0. The van der Waals surface area contributed by atoms with Crippen LogP contribution < -0.4 is 5.32 Å². The van der Waals surface area contributed by atoms with Crippen LogP contribution in [0.3, 0.4) is 0 Å². The van der Waals surface area contributed by atoms with Gasteiger partial charge in [0.05, 0.1) is 5.60 Å². The second-order valence-electron chi connectivity index (χ2n) is 7.91. The largest absolute Gasteiger partial charge is 0.388 e. The smallest absolute Gasteiger partial charge is 0.223 e. The second kappa shape index (κ2) is 6.05. The Hall–Kier alpha value is -0.570. The Balaban J connectivity index is 1.85. The Morgan fingerprint density at radius 2 is 1.80 bits per heavy atom. The van der Waals surface area contributed by atoms with Crippen LogP contribution in [0, 0.1) is 17.3 Å². The van der Waals surface area contributed by atoms with Crippen LogP contribution in [0.1, 0.15) is 72.1 Å². The zero-order valence-electron chi connectivity index (χ0n) is 13.4. The lowest BCUT2D eigenvalue weighted by Gasteiger charge is -2.39. The Bertz CT molecular complexity index is 343. The lowest BCUT2D eigenvalue weighted by Crippen LogP contribution is -2.49. The number of rotatable bonds is 3. The van der Waals surface area contributed by atoms with Gasteiger partial charge in [-0.1, -0.05) is 33.6 Å². The summed E-state index contributed by atoms with van der Waals surface area (Å²) in [5, 5.41) is 13.6. The van der Waals surface area contributed by atoms with Crippen LogP contribution in [0.2, 0.25) is 0 Å². The summed E-state index contributed by atoms with van der Waals surface area (Å²) < 4.78 is 0. The fourth-order valence-electron chi connectivity index (χ4n) is 3.83.